The average Bonchev–Trinajstić information content (AvgIpc) is 3.08. The van der Waals surface area contributed by atoms with Gasteiger partial charge in [0.1, 0.15) is 0 Å². The van der Waals surface area contributed by atoms with Crippen LogP contribution in [0.25, 0.3) is 5.52 Å². The first-order valence-corrected chi connectivity index (χ1v) is 8.63. The predicted octanol–water partition coefficient (Wildman–Crippen LogP) is 2.99. The Morgan fingerprint density at radius 3 is 2.78 bits per heavy atom. The number of rotatable bonds is 5. The molecule has 3 aromatic rings. The van der Waals surface area contributed by atoms with E-state index in [0.29, 0.717) is 16.8 Å². The van der Waals surface area contributed by atoms with Gasteiger partial charge in [0, 0.05) is 17.9 Å². The molecule has 2 heterocycles. The molecule has 0 fully saturated rings. The van der Waals surface area contributed by atoms with Crippen molar-refractivity contribution in [2.24, 2.45) is 0 Å². The van der Waals surface area contributed by atoms with Gasteiger partial charge in [0.05, 0.1) is 17.1 Å². The quantitative estimate of drug-likeness (QED) is 0.730. The molecule has 136 valence electrons. The van der Waals surface area contributed by atoms with E-state index in [1.54, 1.807) is 53.1 Å². The molecule has 0 bridgehead atoms. The molecule has 1 aromatic carbocycles. The fourth-order valence-corrected chi connectivity index (χ4v) is 2.61. The van der Waals surface area contributed by atoms with Crippen LogP contribution in [-0.4, -0.2) is 27.2 Å². The highest BCUT2D eigenvalue weighted by atomic mass is 16.2. The second-order valence-electron chi connectivity index (χ2n) is 6.17. The van der Waals surface area contributed by atoms with Crippen molar-refractivity contribution in [1.82, 2.24) is 14.7 Å². The van der Waals surface area contributed by atoms with Crippen molar-refractivity contribution >= 4 is 23.0 Å². The molecule has 0 aliphatic carbocycles. The number of benzene rings is 1. The molecule has 0 saturated heterocycles. The number of carbonyl (C=O) groups excluding carboxylic acids is 2. The maximum atomic E-state index is 12.7. The van der Waals surface area contributed by atoms with E-state index in [2.05, 4.69) is 15.6 Å². The molecule has 7 nitrogen and oxygen atoms in total. The molecule has 7 heteroatoms. The minimum absolute atomic E-state index is 0.000407. The van der Waals surface area contributed by atoms with Crippen molar-refractivity contribution in [2.45, 2.75) is 26.3 Å². The van der Waals surface area contributed by atoms with Gasteiger partial charge in [-0.25, -0.2) is 4.98 Å². The molecule has 2 N–H and O–H groups in total. The van der Waals surface area contributed by atoms with E-state index in [9.17, 15) is 9.59 Å². The van der Waals surface area contributed by atoms with Gasteiger partial charge >= 0.3 is 0 Å². The Bertz CT molecular complexity index is 1050. The maximum Gasteiger partial charge on any atom is 0.287 e. The molecular formula is C20H19N5O2. The lowest BCUT2D eigenvalue weighted by Gasteiger charge is -2.10. The molecule has 1 unspecified atom stereocenters. The Morgan fingerprint density at radius 1 is 1.22 bits per heavy atom. The van der Waals surface area contributed by atoms with Gasteiger partial charge in [-0.2, -0.15) is 5.26 Å². The summed E-state index contributed by atoms with van der Waals surface area (Å²) >= 11 is 0. The van der Waals surface area contributed by atoms with Crippen LogP contribution in [0.3, 0.4) is 0 Å². The van der Waals surface area contributed by atoms with Crippen LogP contribution in [0.1, 0.15) is 46.9 Å². The van der Waals surface area contributed by atoms with E-state index in [4.69, 9.17) is 5.26 Å². The number of aromatic nitrogens is 2. The van der Waals surface area contributed by atoms with Gasteiger partial charge in [-0.3, -0.25) is 14.0 Å². The van der Waals surface area contributed by atoms with Crippen LogP contribution >= 0.6 is 0 Å². The van der Waals surface area contributed by atoms with E-state index in [1.807, 2.05) is 19.9 Å². The van der Waals surface area contributed by atoms with Crippen molar-refractivity contribution in [3.63, 3.8) is 0 Å². The fourth-order valence-electron chi connectivity index (χ4n) is 2.61. The number of hydrogen-bond donors (Lipinski definition) is 2. The molecule has 27 heavy (non-hydrogen) atoms. The molecule has 0 spiro atoms. The van der Waals surface area contributed by atoms with Gasteiger partial charge in [0.25, 0.3) is 11.8 Å². The number of fused-ring (bicyclic) bond motifs is 1. The lowest BCUT2D eigenvalue weighted by Crippen LogP contribution is -2.33. The van der Waals surface area contributed by atoms with E-state index in [-0.39, 0.29) is 23.5 Å². The van der Waals surface area contributed by atoms with E-state index < -0.39 is 5.91 Å². The molecule has 0 radical (unpaired) electrons. The number of pyridine rings is 1. The standard InChI is InChI=1S/C20H19N5O2/c1-3-13(2)22-20(27)18-24-17(16-9-4-5-10-25(16)18)19(26)23-15-8-6-7-14(11-15)12-21/h4-11,13H,3H2,1-2H3,(H,22,27)(H,23,26). The topological polar surface area (TPSA) is 99.3 Å². The van der Waals surface area contributed by atoms with E-state index in [0.717, 1.165) is 6.42 Å². The number of nitrogens with zero attached hydrogens (tertiary/aromatic N) is 3. The van der Waals surface area contributed by atoms with Crippen molar-refractivity contribution in [1.29, 1.82) is 5.26 Å². The molecule has 2 aromatic heterocycles. The van der Waals surface area contributed by atoms with Crippen LogP contribution in [0.15, 0.2) is 48.7 Å². The summed E-state index contributed by atoms with van der Waals surface area (Å²) in [6, 6.07) is 13.9. The van der Waals surface area contributed by atoms with Crippen LogP contribution in [0.2, 0.25) is 0 Å². The summed E-state index contributed by atoms with van der Waals surface area (Å²) in [5, 5.41) is 14.6. The Kier molecular flexibility index (Phi) is 5.18. The molecule has 3 rings (SSSR count). The molecule has 2 amide bonds. The van der Waals surface area contributed by atoms with Gasteiger partial charge in [-0.15, -0.1) is 0 Å². The molecule has 1 atom stereocenters. The second-order valence-corrected chi connectivity index (χ2v) is 6.17. The zero-order valence-corrected chi connectivity index (χ0v) is 15.1. The van der Waals surface area contributed by atoms with Gasteiger partial charge in [-0.1, -0.05) is 19.1 Å². The van der Waals surface area contributed by atoms with Crippen molar-refractivity contribution < 1.29 is 9.59 Å². The zero-order chi connectivity index (χ0) is 19.4. The summed E-state index contributed by atoms with van der Waals surface area (Å²) in [6.07, 6.45) is 2.48. The Labute approximate surface area is 156 Å². The number of imidazole rings is 1. The average molecular weight is 361 g/mol. The minimum Gasteiger partial charge on any atom is -0.347 e. The monoisotopic (exact) mass is 361 g/mol. The van der Waals surface area contributed by atoms with Crippen LogP contribution < -0.4 is 10.6 Å². The smallest absolute Gasteiger partial charge is 0.287 e. The number of hydrogen-bond acceptors (Lipinski definition) is 4. The highest BCUT2D eigenvalue weighted by Gasteiger charge is 2.22. The first kappa shape index (κ1) is 18.1. The highest BCUT2D eigenvalue weighted by molar-refractivity contribution is 6.09. The summed E-state index contributed by atoms with van der Waals surface area (Å²) < 4.78 is 1.60. The summed E-state index contributed by atoms with van der Waals surface area (Å²) in [5.74, 6) is -0.630. The van der Waals surface area contributed by atoms with E-state index >= 15 is 0 Å². The Hall–Kier alpha value is -3.66. The summed E-state index contributed by atoms with van der Waals surface area (Å²) in [4.78, 5) is 29.6. The third kappa shape index (κ3) is 3.80. The molecule has 0 aliphatic heterocycles. The third-order valence-electron chi connectivity index (χ3n) is 4.21. The van der Waals surface area contributed by atoms with Crippen LogP contribution in [-0.2, 0) is 0 Å². The Morgan fingerprint density at radius 2 is 2.04 bits per heavy atom. The molecular weight excluding hydrogens is 342 g/mol. The molecule has 0 aliphatic rings. The number of anilines is 1. The van der Waals surface area contributed by atoms with Crippen molar-refractivity contribution in [3.8, 4) is 6.07 Å². The highest BCUT2D eigenvalue weighted by Crippen LogP contribution is 2.17. The first-order valence-electron chi connectivity index (χ1n) is 8.63. The van der Waals surface area contributed by atoms with Gasteiger partial charge in [0.15, 0.2) is 5.69 Å². The second kappa shape index (κ2) is 7.70. The van der Waals surface area contributed by atoms with E-state index in [1.165, 1.54) is 0 Å². The van der Waals surface area contributed by atoms with Crippen LogP contribution in [0.5, 0.6) is 0 Å². The third-order valence-corrected chi connectivity index (χ3v) is 4.21. The lowest BCUT2D eigenvalue weighted by molar-refractivity contribution is 0.0928. The predicted molar refractivity (Wildman–Crippen MR) is 102 cm³/mol. The van der Waals surface area contributed by atoms with Crippen molar-refractivity contribution in [2.75, 3.05) is 5.32 Å². The van der Waals surface area contributed by atoms with Crippen molar-refractivity contribution in [3.05, 3.63) is 65.7 Å². The minimum atomic E-state index is -0.448. The van der Waals surface area contributed by atoms with Crippen LogP contribution in [0, 0.1) is 11.3 Å². The SMILES string of the molecule is CCC(C)NC(=O)c1nc(C(=O)Nc2cccc(C#N)c2)c2ccccn12. The normalized spacial score (nSPS) is 11.6. The van der Waals surface area contributed by atoms with Crippen LogP contribution in [0.4, 0.5) is 5.69 Å². The number of carbonyl (C=O) groups is 2. The largest absolute Gasteiger partial charge is 0.347 e. The number of nitrogens with one attached hydrogen (secondary N) is 2. The summed E-state index contributed by atoms with van der Waals surface area (Å²) in [5.41, 5.74) is 1.60. The number of amides is 2. The summed E-state index contributed by atoms with van der Waals surface area (Å²) in [6.45, 7) is 3.88. The van der Waals surface area contributed by atoms with Gasteiger partial charge in [0.2, 0.25) is 5.82 Å². The number of nitriles is 1. The fraction of sp³-hybridized carbons (Fsp3) is 0.200. The van der Waals surface area contributed by atoms with Gasteiger partial charge < -0.3 is 10.6 Å². The zero-order valence-electron chi connectivity index (χ0n) is 15.1. The lowest BCUT2D eigenvalue weighted by atomic mass is 10.2. The first-order chi connectivity index (χ1) is 13.0. The maximum absolute atomic E-state index is 12.7. The molecule has 0 saturated carbocycles. The van der Waals surface area contributed by atoms with Gasteiger partial charge in [-0.05, 0) is 43.7 Å². The Balaban J connectivity index is 1.95. The summed E-state index contributed by atoms with van der Waals surface area (Å²) in [7, 11) is 0.